The molecule has 20 heavy (non-hydrogen) atoms. The van der Waals surface area contributed by atoms with Gasteiger partial charge >= 0.3 is 0 Å². The van der Waals surface area contributed by atoms with Crippen molar-refractivity contribution >= 4 is 19.9 Å². The Hall–Kier alpha value is -1.18. The quantitative estimate of drug-likeness (QED) is 0.791. The van der Waals surface area contributed by atoms with Gasteiger partial charge in [0.15, 0.2) is 9.84 Å². The van der Waals surface area contributed by atoms with E-state index in [0.29, 0.717) is 25.9 Å². The van der Waals surface area contributed by atoms with Crippen LogP contribution in [0.5, 0.6) is 0 Å². The SMILES string of the molecule is C=C1CCN(S(=O)(=O)c2ccc(S(C)(=O)=O)cc2)CC1. The summed E-state index contributed by atoms with van der Waals surface area (Å²) < 4.78 is 48.9. The summed E-state index contributed by atoms with van der Waals surface area (Å²) in [5.41, 5.74) is 1.06. The van der Waals surface area contributed by atoms with Crippen molar-refractivity contribution < 1.29 is 16.8 Å². The molecule has 0 amide bonds. The van der Waals surface area contributed by atoms with Crippen LogP contribution >= 0.6 is 0 Å². The summed E-state index contributed by atoms with van der Waals surface area (Å²) in [5.74, 6) is 0. The number of hydrogen-bond donors (Lipinski definition) is 0. The third kappa shape index (κ3) is 3.11. The molecule has 0 N–H and O–H groups in total. The van der Waals surface area contributed by atoms with Crippen molar-refractivity contribution in [1.29, 1.82) is 0 Å². The molecule has 1 aliphatic rings. The predicted octanol–water partition coefficient (Wildman–Crippen LogP) is 1.43. The van der Waals surface area contributed by atoms with Gasteiger partial charge < -0.3 is 0 Å². The summed E-state index contributed by atoms with van der Waals surface area (Å²) in [4.78, 5) is 0.237. The molecule has 1 heterocycles. The molecule has 0 radical (unpaired) electrons. The van der Waals surface area contributed by atoms with Gasteiger partial charge in [0, 0.05) is 19.3 Å². The smallest absolute Gasteiger partial charge is 0.224 e. The fourth-order valence-electron chi connectivity index (χ4n) is 2.05. The summed E-state index contributed by atoms with van der Waals surface area (Å²) in [7, 11) is -6.87. The largest absolute Gasteiger partial charge is 0.243 e. The van der Waals surface area contributed by atoms with Crippen LogP contribution in [0, 0.1) is 0 Å². The highest BCUT2D eigenvalue weighted by molar-refractivity contribution is 7.90. The Kier molecular flexibility index (Phi) is 4.04. The molecule has 1 aromatic rings. The van der Waals surface area contributed by atoms with E-state index in [1.54, 1.807) is 0 Å². The molecule has 1 fully saturated rings. The number of benzene rings is 1. The van der Waals surface area contributed by atoms with E-state index >= 15 is 0 Å². The molecule has 2 rings (SSSR count). The van der Waals surface area contributed by atoms with E-state index in [2.05, 4.69) is 6.58 Å². The molecule has 0 spiro atoms. The monoisotopic (exact) mass is 315 g/mol. The standard InChI is InChI=1S/C13H17NO4S2/c1-11-7-9-14(10-8-11)20(17,18)13-5-3-12(4-6-13)19(2,15)16/h3-6H,1,7-10H2,2H3. The molecule has 0 aliphatic carbocycles. The number of sulfonamides is 1. The van der Waals surface area contributed by atoms with E-state index < -0.39 is 19.9 Å². The minimum absolute atomic E-state index is 0.114. The summed E-state index contributed by atoms with van der Waals surface area (Å²) in [6, 6.07) is 5.33. The Labute approximate surface area is 119 Å². The third-order valence-corrected chi connectivity index (χ3v) is 6.36. The molecule has 0 unspecified atom stereocenters. The van der Waals surface area contributed by atoms with Crippen molar-refractivity contribution in [2.24, 2.45) is 0 Å². The van der Waals surface area contributed by atoms with Crippen LogP contribution in [-0.4, -0.2) is 40.5 Å². The molecular weight excluding hydrogens is 298 g/mol. The van der Waals surface area contributed by atoms with Crippen LogP contribution in [0.4, 0.5) is 0 Å². The highest BCUT2D eigenvalue weighted by atomic mass is 32.2. The summed E-state index contributed by atoms with van der Waals surface area (Å²) in [6.07, 6.45) is 2.42. The molecule has 7 heteroatoms. The van der Waals surface area contributed by atoms with Gasteiger partial charge in [-0.3, -0.25) is 0 Å². The summed E-state index contributed by atoms with van der Waals surface area (Å²) >= 11 is 0. The Morgan fingerprint density at radius 1 is 0.950 bits per heavy atom. The summed E-state index contributed by atoms with van der Waals surface area (Å²) in [5, 5.41) is 0. The first kappa shape index (κ1) is 15.2. The van der Waals surface area contributed by atoms with Gasteiger partial charge in [0.05, 0.1) is 9.79 Å². The maximum absolute atomic E-state index is 12.4. The van der Waals surface area contributed by atoms with Crippen molar-refractivity contribution in [2.75, 3.05) is 19.3 Å². The Bertz CT molecular complexity index is 708. The Morgan fingerprint density at radius 2 is 1.40 bits per heavy atom. The first-order valence-electron chi connectivity index (χ1n) is 6.18. The molecule has 0 aromatic heterocycles. The van der Waals surface area contributed by atoms with Crippen molar-refractivity contribution in [3.63, 3.8) is 0 Å². The van der Waals surface area contributed by atoms with E-state index in [9.17, 15) is 16.8 Å². The highest BCUT2D eigenvalue weighted by Gasteiger charge is 2.26. The van der Waals surface area contributed by atoms with E-state index in [1.165, 1.54) is 28.6 Å². The molecule has 1 saturated heterocycles. The van der Waals surface area contributed by atoms with Gasteiger partial charge in [0.2, 0.25) is 10.0 Å². The van der Waals surface area contributed by atoms with Gasteiger partial charge in [-0.2, -0.15) is 4.31 Å². The lowest BCUT2D eigenvalue weighted by Crippen LogP contribution is -2.36. The molecule has 5 nitrogen and oxygen atoms in total. The highest BCUT2D eigenvalue weighted by Crippen LogP contribution is 2.23. The van der Waals surface area contributed by atoms with Gasteiger partial charge in [0.25, 0.3) is 0 Å². The maximum atomic E-state index is 12.4. The van der Waals surface area contributed by atoms with Crippen molar-refractivity contribution in [3.8, 4) is 0 Å². The van der Waals surface area contributed by atoms with Crippen LogP contribution in [0.1, 0.15) is 12.8 Å². The Morgan fingerprint density at radius 3 is 1.85 bits per heavy atom. The first-order valence-corrected chi connectivity index (χ1v) is 9.51. The minimum atomic E-state index is -3.55. The number of hydrogen-bond acceptors (Lipinski definition) is 4. The van der Waals surface area contributed by atoms with Crippen LogP contribution in [0.3, 0.4) is 0 Å². The Balaban J connectivity index is 2.28. The second-order valence-corrected chi connectivity index (χ2v) is 8.85. The van der Waals surface area contributed by atoms with Crippen LogP contribution in [-0.2, 0) is 19.9 Å². The van der Waals surface area contributed by atoms with Gasteiger partial charge in [-0.05, 0) is 37.1 Å². The fourth-order valence-corrected chi connectivity index (χ4v) is 4.12. The van der Waals surface area contributed by atoms with E-state index in [0.717, 1.165) is 11.8 Å². The lowest BCUT2D eigenvalue weighted by Gasteiger charge is -2.27. The average molecular weight is 315 g/mol. The molecular formula is C13H17NO4S2. The van der Waals surface area contributed by atoms with Crippen LogP contribution in [0.2, 0.25) is 0 Å². The minimum Gasteiger partial charge on any atom is -0.224 e. The number of nitrogens with zero attached hydrogens (tertiary/aromatic N) is 1. The topological polar surface area (TPSA) is 71.5 Å². The number of sulfone groups is 1. The van der Waals surface area contributed by atoms with E-state index in [-0.39, 0.29) is 9.79 Å². The summed E-state index contributed by atoms with van der Waals surface area (Å²) in [6.45, 7) is 4.71. The molecule has 110 valence electrons. The second-order valence-electron chi connectivity index (χ2n) is 4.90. The molecule has 1 aromatic carbocycles. The number of piperidine rings is 1. The number of rotatable bonds is 3. The lowest BCUT2D eigenvalue weighted by molar-refractivity contribution is 0.387. The van der Waals surface area contributed by atoms with E-state index in [4.69, 9.17) is 0 Å². The third-order valence-electron chi connectivity index (χ3n) is 3.32. The van der Waals surface area contributed by atoms with Crippen molar-refractivity contribution in [3.05, 3.63) is 36.4 Å². The molecule has 0 bridgehead atoms. The van der Waals surface area contributed by atoms with Crippen molar-refractivity contribution in [2.45, 2.75) is 22.6 Å². The normalized spacial score (nSPS) is 18.1. The van der Waals surface area contributed by atoms with E-state index in [1.807, 2.05) is 0 Å². The predicted molar refractivity (Wildman–Crippen MR) is 76.7 cm³/mol. The fraction of sp³-hybridized carbons (Fsp3) is 0.385. The van der Waals surface area contributed by atoms with Crippen molar-refractivity contribution in [1.82, 2.24) is 4.31 Å². The first-order chi connectivity index (χ1) is 9.21. The average Bonchev–Trinajstić information content (AvgIpc) is 2.38. The zero-order chi connectivity index (χ0) is 15.0. The van der Waals surface area contributed by atoms with Crippen LogP contribution in [0.15, 0.2) is 46.2 Å². The lowest BCUT2D eigenvalue weighted by atomic mass is 10.1. The van der Waals surface area contributed by atoms with Gasteiger partial charge in [-0.1, -0.05) is 12.2 Å². The molecule has 1 aliphatic heterocycles. The zero-order valence-corrected chi connectivity index (χ0v) is 12.9. The van der Waals surface area contributed by atoms with Gasteiger partial charge in [0.1, 0.15) is 0 Å². The molecule has 0 saturated carbocycles. The van der Waals surface area contributed by atoms with Gasteiger partial charge in [-0.25, -0.2) is 16.8 Å². The van der Waals surface area contributed by atoms with Crippen LogP contribution in [0.25, 0.3) is 0 Å². The maximum Gasteiger partial charge on any atom is 0.243 e. The molecule has 0 atom stereocenters. The van der Waals surface area contributed by atoms with Crippen LogP contribution < -0.4 is 0 Å². The van der Waals surface area contributed by atoms with Gasteiger partial charge in [-0.15, -0.1) is 0 Å². The zero-order valence-electron chi connectivity index (χ0n) is 11.2. The second kappa shape index (κ2) is 5.31.